The van der Waals surface area contributed by atoms with Crippen LogP contribution in [0, 0.1) is 0 Å². The molecule has 0 saturated carbocycles. The van der Waals surface area contributed by atoms with Crippen molar-refractivity contribution in [1.29, 1.82) is 0 Å². The number of ether oxygens (including phenoxy) is 1. The number of hydrogen-bond acceptors (Lipinski definition) is 3. The van der Waals surface area contributed by atoms with Crippen molar-refractivity contribution in [2.45, 2.75) is 19.9 Å². The van der Waals surface area contributed by atoms with Crippen LogP contribution < -0.4 is 5.32 Å². The molecule has 0 saturated heterocycles. The second-order valence-electron chi connectivity index (χ2n) is 4.19. The molecule has 0 spiro atoms. The molecule has 106 valence electrons. The van der Waals surface area contributed by atoms with Crippen LogP contribution in [0.25, 0.3) is 0 Å². The van der Waals surface area contributed by atoms with Gasteiger partial charge in [-0.1, -0.05) is 48.6 Å². The third kappa shape index (κ3) is 6.00. The number of carbonyl (C=O) groups is 2. The molecule has 4 nitrogen and oxygen atoms in total. The van der Waals surface area contributed by atoms with Gasteiger partial charge in [0.15, 0.2) is 6.61 Å². The van der Waals surface area contributed by atoms with Gasteiger partial charge in [0.2, 0.25) is 0 Å². The van der Waals surface area contributed by atoms with Crippen molar-refractivity contribution >= 4 is 11.9 Å². The van der Waals surface area contributed by atoms with Gasteiger partial charge in [0.25, 0.3) is 5.91 Å². The molecule has 0 radical (unpaired) electrons. The van der Waals surface area contributed by atoms with Crippen molar-refractivity contribution in [2.75, 3.05) is 6.61 Å². The number of allylic oxidation sites excluding steroid dienone is 3. The highest BCUT2D eigenvalue weighted by Crippen LogP contribution is 2.10. The molecule has 0 fully saturated rings. The van der Waals surface area contributed by atoms with Crippen LogP contribution in [0.15, 0.2) is 54.6 Å². The van der Waals surface area contributed by atoms with E-state index in [0.717, 1.165) is 5.56 Å². The highest BCUT2D eigenvalue weighted by Gasteiger charge is 2.10. The third-order valence-electron chi connectivity index (χ3n) is 2.56. The highest BCUT2D eigenvalue weighted by atomic mass is 16.5. The van der Waals surface area contributed by atoms with E-state index >= 15 is 0 Å². The minimum Gasteiger partial charge on any atom is -0.452 e. The SMILES string of the molecule is C/C=C/C=C/C(=O)OCC(=O)N[C@H](C)c1ccccc1. The Morgan fingerprint density at radius 3 is 2.60 bits per heavy atom. The topological polar surface area (TPSA) is 55.4 Å². The molecule has 0 bridgehead atoms. The monoisotopic (exact) mass is 273 g/mol. The number of esters is 1. The summed E-state index contributed by atoms with van der Waals surface area (Å²) in [5, 5.41) is 2.76. The average Bonchev–Trinajstić information content (AvgIpc) is 2.46. The van der Waals surface area contributed by atoms with E-state index < -0.39 is 5.97 Å². The smallest absolute Gasteiger partial charge is 0.331 e. The van der Waals surface area contributed by atoms with Crippen LogP contribution in [-0.2, 0) is 14.3 Å². The van der Waals surface area contributed by atoms with E-state index in [1.807, 2.05) is 44.2 Å². The van der Waals surface area contributed by atoms with Crippen molar-refractivity contribution in [3.63, 3.8) is 0 Å². The molecule has 1 aromatic carbocycles. The van der Waals surface area contributed by atoms with Crippen molar-refractivity contribution in [3.05, 3.63) is 60.2 Å². The van der Waals surface area contributed by atoms with Gasteiger partial charge in [-0.2, -0.15) is 0 Å². The Labute approximate surface area is 119 Å². The summed E-state index contributed by atoms with van der Waals surface area (Å²) < 4.78 is 4.82. The Hall–Kier alpha value is -2.36. The zero-order valence-electron chi connectivity index (χ0n) is 11.7. The average molecular weight is 273 g/mol. The van der Waals surface area contributed by atoms with Crippen molar-refractivity contribution in [3.8, 4) is 0 Å². The first kappa shape index (κ1) is 15.7. The maximum Gasteiger partial charge on any atom is 0.331 e. The van der Waals surface area contributed by atoms with Crippen LogP contribution in [0.2, 0.25) is 0 Å². The number of rotatable bonds is 6. The summed E-state index contributed by atoms with van der Waals surface area (Å²) in [6.07, 6.45) is 6.33. The maximum absolute atomic E-state index is 11.6. The van der Waals surface area contributed by atoms with Gasteiger partial charge in [-0.05, 0) is 19.4 Å². The number of amides is 1. The first-order valence-electron chi connectivity index (χ1n) is 6.44. The summed E-state index contributed by atoms with van der Waals surface area (Å²) in [4.78, 5) is 22.9. The lowest BCUT2D eigenvalue weighted by atomic mass is 10.1. The van der Waals surface area contributed by atoms with Crippen LogP contribution in [0.4, 0.5) is 0 Å². The lowest BCUT2D eigenvalue weighted by molar-refractivity contribution is -0.144. The van der Waals surface area contributed by atoms with Gasteiger partial charge in [-0.25, -0.2) is 4.79 Å². The maximum atomic E-state index is 11.6. The quantitative estimate of drug-likeness (QED) is 0.492. The van der Waals surface area contributed by atoms with Crippen molar-refractivity contribution in [2.24, 2.45) is 0 Å². The molecular formula is C16H19NO3. The van der Waals surface area contributed by atoms with E-state index in [1.54, 1.807) is 18.2 Å². The second kappa shape index (κ2) is 8.69. The zero-order valence-corrected chi connectivity index (χ0v) is 11.7. The number of benzene rings is 1. The van der Waals surface area contributed by atoms with Crippen LogP contribution in [0.3, 0.4) is 0 Å². The Morgan fingerprint density at radius 1 is 1.25 bits per heavy atom. The van der Waals surface area contributed by atoms with E-state index in [2.05, 4.69) is 5.32 Å². The lowest BCUT2D eigenvalue weighted by Crippen LogP contribution is -2.30. The summed E-state index contributed by atoms with van der Waals surface area (Å²) >= 11 is 0. The summed E-state index contributed by atoms with van der Waals surface area (Å²) in [5.41, 5.74) is 1.00. The van der Waals surface area contributed by atoms with Crippen molar-refractivity contribution < 1.29 is 14.3 Å². The molecule has 1 amide bonds. The van der Waals surface area contributed by atoms with Gasteiger partial charge < -0.3 is 10.1 Å². The second-order valence-corrected chi connectivity index (χ2v) is 4.19. The summed E-state index contributed by atoms with van der Waals surface area (Å²) in [7, 11) is 0. The zero-order chi connectivity index (χ0) is 14.8. The molecule has 20 heavy (non-hydrogen) atoms. The Balaban J connectivity index is 2.35. The normalized spacial score (nSPS) is 12.5. The molecule has 0 aliphatic rings. The number of carbonyl (C=O) groups excluding carboxylic acids is 2. The standard InChI is InChI=1S/C16H19NO3/c1-3-4-6-11-16(19)20-12-15(18)17-13(2)14-9-7-5-8-10-14/h3-11,13H,12H2,1-2H3,(H,17,18)/b4-3+,11-6+/t13-/m1/s1. The van der Waals surface area contributed by atoms with Crippen molar-refractivity contribution in [1.82, 2.24) is 5.32 Å². The molecule has 1 atom stereocenters. The van der Waals surface area contributed by atoms with Crippen LogP contribution >= 0.6 is 0 Å². The van der Waals surface area contributed by atoms with Gasteiger partial charge in [-0.15, -0.1) is 0 Å². The summed E-state index contributed by atoms with van der Waals surface area (Å²) in [5.74, 6) is -0.861. The van der Waals surface area contributed by atoms with E-state index in [9.17, 15) is 9.59 Å². The number of nitrogens with one attached hydrogen (secondary N) is 1. The highest BCUT2D eigenvalue weighted by molar-refractivity contribution is 5.86. The van der Waals surface area contributed by atoms with Gasteiger partial charge >= 0.3 is 5.97 Å². The van der Waals surface area contributed by atoms with Crippen LogP contribution in [0.5, 0.6) is 0 Å². The molecule has 1 N–H and O–H groups in total. The molecule has 0 unspecified atom stereocenters. The van der Waals surface area contributed by atoms with Gasteiger partial charge in [0.1, 0.15) is 0 Å². The predicted molar refractivity (Wildman–Crippen MR) is 77.9 cm³/mol. The fraction of sp³-hybridized carbons (Fsp3) is 0.250. The molecular weight excluding hydrogens is 254 g/mol. The Kier molecular flexibility index (Phi) is 6.82. The molecule has 1 rings (SSSR count). The lowest BCUT2D eigenvalue weighted by Gasteiger charge is -2.13. The van der Waals surface area contributed by atoms with E-state index in [1.165, 1.54) is 6.08 Å². The minimum absolute atomic E-state index is 0.124. The van der Waals surface area contributed by atoms with Crippen LogP contribution in [-0.4, -0.2) is 18.5 Å². The summed E-state index contributed by atoms with van der Waals surface area (Å²) in [6.45, 7) is 3.44. The first-order valence-corrected chi connectivity index (χ1v) is 6.44. The predicted octanol–water partition coefficient (Wildman–Crippen LogP) is 2.54. The third-order valence-corrected chi connectivity index (χ3v) is 2.56. The Morgan fingerprint density at radius 2 is 1.95 bits per heavy atom. The minimum atomic E-state index is -0.536. The molecule has 1 aromatic rings. The molecule has 4 heteroatoms. The molecule has 0 aliphatic carbocycles. The fourth-order valence-electron chi connectivity index (χ4n) is 1.54. The van der Waals surface area contributed by atoms with E-state index in [4.69, 9.17) is 4.74 Å². The molecule has 0 aliphatic heterocycles. The van der Waals surface area contributed by atoms with Crippen LogP contribution in [0.1, 0.15) is 25.5 Å². The van der Waals surface area contributed by atoms with E-state index in [0.29, 0.717) is 0 Å². The van der Waals surface area contributed by atoms with Gasteiger partial charge in [0.05, 0.1) is 6.04 Å². The summed E-state index contributed by atoms with van der Waals surface area (Å²) in [6, 6.07) is 9.46. The first-order chi connectivity index (χ1) is 9.63. The van der Waals surface area contributed by atoms with Gasteiger partial charge in [0, 0.05) is 6.08 Å². The largest absolute Gasteiger partial charge is 0.452 e. The van der Waals surface area contributed by atoms with Gasteiger partial charge in [-0.3, -0.25) is 4.79 Å². The molecule has 0 aromatic heterocycles. The molecule has 0 heterocycles. The number of hydrogen-bond donors (Lipinski definition) is 1. The fourth-order valence-corrected chi connectivity index (χ4v) is 1.54. The Bertz CT molecular complexity index is 492. The van der Waals surface area contributed by atoms with E-state index in [-0.39, 0.29) is 18.6 Å².